The topological polar surface area (TPSA) is 66.5 Å². The molecule has 0 bridgehead atoms. The molecule has 0 fully saturated rings. The van der Waals surface area contributed by atoms with Gasteiger partial charge in [-0.05, 0) is 42.5 Å². The minimum atomic E-state index is -4.13. The van der Waals surface area contributed by atoms with Crippen molar-refractivity contribution < 1.29 is 17.6 Å². The molecule has 0 unspecified atom stereocenters. The van der Waals surface area contributed by atoms with Crippen molar-refractivity contribution in [3.63, 3.8) is 0 Å². The van der Waals surface area contributed by atoms with Gasteiger partial charge in [-0.1, -0.05) is 23.8 Å². The third-order valence-electron chi connectivity index (χ3n) is 3.58. The highest BCUT2D eigenvalue weighted by Gasteiger charge is 2.27. The van der Waals surface area contributed by atoms with Crippen LogP contribution in [0.25, 0.3) is 0 Å². The molecular formula is C19H18ClFN2O3S. The first-order valence-corrected chi connectivity index (χ1v) is 9.71. The lowest BCUT2D eigenvalue weighted by Crippen LogP contribution is -2.32. The van der Waals surface area contributed by atoms with Crippen LogP contribution in [0.4, 0.5) is 10.1 Å². The molecule has 0 saturated carbocycles. The molecule has 1 amide bonds. The van der Waals surface area contributed by atoms with E-state index in [1.54, 1.807) is 0 Å². The maximum atomic E-state index is 13.2. The van der Waals surface area contributed by atoms with E-state index in [1.165, 1.54) is 42.5 Å². The average Bonchev–Trinajstić information content (AvgIpc) is 2.65. The zero-order valence-electron chi connectivity index (χ0n) is 14.4. The minimum Gasteiger partial charge on any atom is -0.349 e. The molecule has 5 nitrogen and oxygen atoms in total. The molecule has 142 valence electrons. The Bertz CT molecular complexity index is 959. The molecule has 0 aliphatic carbocycles. The molecule has 0 aliphatic rings. The lowest BCUT2D eigenvalue weighted by Gasteiger charge is -2.24. The number of hydrogen-bond donors (Lipinski definition) is 1. The second kappa shape index (κ2) is 8.83. The molecule has 0 saturated heterocycles. The fourth-order valence-electron chi connectivity index (χ4n) is 2.29. The van der Waals surface area contributed by atoms with Gasteiger partial charge < -0.3 is 5.32 Å². The molecule has 27 heavy (non-hydrogen) atoms. The van der Waals surface area contributed by atoms with Crippen LogP contribution in [0.15, 0.2) is 72.7 Å². The number of carbonyl (C=O) groups excluding carboxylic acids is 1. The first-order valence-electron chi connectivity index (χ1n) is 7.89. The smallest absolute Gasteiger partial charge is 0.266 e. The van der Waals surface area contributed by atoms with Gasteiger partial charge in [-0.15, -0.1) is 13.2 Å². The van der Waals surface area contributed by atoms with Crippen LogP contribution in [0.3, 0.4) is 0 Å². The van der Waals surface area contributed by atoms with Gasteiger partial charge in [0.05, 0.1) is 17.3 Å². The number of nitrogens with one attached hydrogen (secondary N) is 1. The fraction of sp³-hybridized carbons (Fsp3) is 0.105. The molecule has 0 atom stereocenters. The molecule has 0 heterocycles. The van der Waals surface area contributed by atoms with E-state index in [9.17, 15) is 17.6 Å². The summed E-state index contributed by atoms with van der Waals surface area (Å²) in [5.74, 6) is -0.950. The number of rotatable bonds is 8. The quantitative estimate of drug-likeness (QED) is 0.676. The first-order chi connectivity index (χ1) is 12.8. The fourth-order valence-corrected chi connectivity index (χ4v) is 4.23. The van der Waals surface area contributed by atoms with E-state index in [0.29, 0.717) is 0 Å². The van der Waals surface area contributed by atoms with Crippen LogP contribution in [0.1, 0.15) is 10.4 Å². The highest BCUT2D eigenvalue weighted by molar-refractivity contribution is 7.93. The summed E-state index contributed by atoms with van der Waals surface area (Å²) in [5, 5.41) is 2.54. The van der Waals surface area contributed by atoms with Crippen LogP contribution in [0.5, 0.6) is 0 Å². The summed E-state index contributed by atoms with van der Waals surface area (Å²) in [6.07, 6.45) is 2.90. The summed E-state index contributed by atoms with van der Waals surface area (Å²) >= 11 is 6.11. The largest absolute Gasteiger partial charge is 0.349 e. The van der Waals surface area contributed by atoms with Crippen LogP contribution >= 0.6 is 11.6 Å². The van der Waals surface area contributed by atoms with E-state index in [-0.39, 0.29) is 34.3 Å². The number of amides is 1. The van der Waals surface area contributed by atoms with E-state index in [2.05, 4.69) is 18.5 Å². The van der Waals surface area contributed by atoms with Gasteiger partial charge in [0.25, 0.3) is 15.9 Å². The summed E-state index contributed by atoms with van der Waals surface area (Å²) in [5.41, 5.74) is 0.381. The van der Waals surface area contributed by atoms with Gasteiger partial charge >= 0.3 is 0 Å². The number of anilines is 1. The van der Waals surface area contributed by atoms with Crippen molar-refractivity contribution in [3.8, 4) is 0 Å². The van der Waals surface area contributed by atoms with Crippen molar-refractivity contribution in [1.82, 2.24) is 5.32 Å². The van der Waals surface area contributed by atoms with E-state index in [0.717, 1.165) is 16.4 Å². The molecule has 8 heteroatoms. The second-order valence-electron chi connectivity index (χ2n) is 5.45. The Morgan fingerprint density at radius 2 is 1.81 bits per heavy atom. The molecule has 2 rings (SSSR count). The normalized spacial score (nSPS) is 10.9. The summed E-state index contributed by atoms with van der Waals surface area (Å²) in [4.78, 5) is 11.9. The Morgan fingerprint density at radius 1 is 1.15 bits per heavy atom. The SMILES string of the molecule is C=CCNC(=O)c1ccc(Cl)c(S(=O)(=O)N(CC=C)c2ccc(F)cc2)c1. The third-order valence-corrected chi connectivity index (χ3v) is 5.85. The molecule has 0 aliphatic heterocycles. The molecule has 2 aromatic carbocycles. The van der Waals surface area contributed by atoms with E-state index >= 15 is 0 Å². The molecule has 1 N–H and O–H groups in total. The maximum absolute atomic E-state index is 13.2. The summed E-state index contributed by atoms with van der Waals surface area (Å²) in [6.45, 7) is 7.25. The Labute approximate surface area is 162 Å². The lowest BCUT2D eigenvalue weighted by molar-refractivity contribution is 0.0958. The molecule has 0 radical (unpaired) electrons. The maximum Gasteiger partial charge on any atom is 0.266 e. The van der Waals surface area contributed by atoms with Crippen molar-refractivity contribution >= 4 is 33.2 Å². The molecular weight excluding hydrogens is 391 g/mol. The Hall–Kier alpha value is -2.64. The van der Waals surface area contributed by atoms with E-state index in [4.69, 9.17) is 11.6 Å². The van der Waals surface area contributed by atoms with Crippen molar-refractivity contribution in [2.75, 3.05) is 17.4 Å². The lowest BCUT2D eigenvalue weighted by atomic mass is 10.2. The Kier molecular flexibility index (Phi) is 6.76. The molecule has 2 aromatic rings. The Balaban J connectivity index is 2.51. The number of sulfonamides is 1. The summed E-state index contributed by atoms with van der Waals surface area (Å²) in [6, 6.07) is 8.96. The van der Waals surface area contributed by atoms with Crippen LogP contribution in [0.2, 0.25) is 5.02 Å². The van der Waals surface area contributed by atoms with Crippen LogP contribution in [0, 0.1) is 5.82 Å². The zero-order valence-corrected chi connectivity index (χ0v) is 15.9. The van der Waals surface area contributed by atoms with Gasteiger partial charge in [0.1, 0.15) is 10.7 Å². The first kappa shape index (κ1) is 20.7. The van der Waals surface area contributed by atoms with E-state index in [1.807, 2.05) is 0 Å². The summed E-state index contributed by atoms with van der Waals surface area (Å²) < 4.78 is 40.6. The highest BCUT2D eigenvalue weighted by Crippen LogP contribution is 2.29. The van der Waals surface area contributed by atoms with Gasteiger partial charge in [-0.3, -0.25) is 9.10 Å². The summed E-state index contributed by atoms with van der Waals surface area (Å²) in [7, 11) is -4.13. The van der Waals surface area contributed by atoms with E-state index < -0.39 is 21.7 Å². The van der Waals surface area contributed by atoms with Crippen molar-refractivity contribution in [2.45, 2.75) is 4.90 Å². The average molecular weight is 409 g/mol. The van der Waals surface area contributed by atoms with Crippen LogP contribution < -0.4 is 9.62 Å². The third kappa shape index (κ3) is 4.75. The molecule has 0 aromatic heterocycles. The van der Waals surface area contributed by atoms with Gasteiger partial charge in [0.15, 0.2) is 0 Å². The van der Waals surface area contributed by atoms with Crippen LogP contribution in [-0.4, -0.2) is 27.4 Å². The highest BCUT2D eigenvalue weighted by atomic mass is 35.5. The standard InChI is InChI=1S/C19H18ClFN2O3S/c1-3-11-22-19(24)14-5-10-17(20)18(13-14)27(25,26)23(12-4-2)16-8-6-15(21)7-9-16/h3-10,13H,1-2,11-12H2,(H,22,24). The number of carbonyl (C=O) groups is 1. The predicted octanol–water partition coefficient (Wildman–Crippen LogP) is 3.78. The van der Waals surface area contributed by atoms with Gasteiger partial charge in [0, 0.05) is 12.1 Å². The number of halogens is 2. The zero-order chi connectivity index (χ0) is 20.0. The van der Waals surface area contributed by atoms with Gasteiger partial charge in [-0.2, -0.15) is 0 Å². The monoisotopic (exact) mass is 408 g/mol. The van der Waals surface area contributed by atoms with Crippen molar-refractivity contribution in [3.05, 3.63) is 84.2 Å². The predicted molar refractivity (Wildman–Crippen MR) is 105 cm³/mol. The van der Waals surface area contributed by atoms with Gasteiger partial charge in [0.2, 0.25) is 0 Å². The molecule has 0 spiro atoms. The second-order valence-corrected chi connectivity index (χ2v) is 7.68. The number of hydrogen-bond acceptors (Lipinski definition) is 3. The number of nitrogens with zero attached hydrogens (tertiary/aromatic N) is 1. The van der Waals surface area contributed by atoms with Crippen molar-refractivity contribution in [2.24, 2.45) is 0 Å². The Morgan fingerprint density at radius 3 is 2.41 bits per heavy atom. The minimum absolute atomic E-state index is 0.0357. The van der Waals surface area contributed by atoms with Gasteiger partial charge in [-0.25, -0.2) is 12.8 Å². The van der Waals surface area contributed by atoms with Crippen molar-refractivity contribution in [1.29, 1.82) is 0 Å². The van der Waals surface area contributed by atoms with Crippen LogP contribution in [-0.2, 0) is 10.0 Å². The number of benzene rings is 2.